The molecule has 0 spiro atoms. The van der Waals surface area contributed by atoms with Crippen LogP contribution in [-0.2, 0) is 0 Å². The summed E-state index contributed by atoms with van der Waals surface area (Å²) in [5.74, 6) is 0.598. The number of pyridine rings is 1. The van der Waals surface area contributed by atoms with Crippen LogP contribution in [-0.4, -0.2) is 34.1 Å². The zero-order chi connectivity index (χ0) is 18.8. The molecule has 0 aliphatic carbocycles. The summed E-state index contributed by atoms with van der Waals surface area (Å²) in [5, 5.41) is 6.56. The van der Waals surface area contributed by atoms with Gasteiger partial charge < -0.3 is 15.4 Å². The van der Waals surface area contributed by atoms with E-state index in [4.69, 9.17) is 16.3 Å². The molecule has 1 aliphatic heterocycles. The standard InChI is InChI=1S/C19H19ClFN5O/c1-11(13-3-2-4-14(20)17(13)21)25-19-18-15(23-10-24-19)5-6-16(26-18)27-12-7-8-22-9-12/h2-6,10-12,22H,7-9H2,1H3,(H,23,24,25)/t11-,12-/m0/s1. The quantitative estimate of drug-likeness (QED) is 0.695. The Bertz CT molecular complexity index is 964. The van der Waals surface area contributed by atoms with Crippen molar-refractivity contribution in [3.63, 3.8) is 0 Å². The molecule has 6 nitrogen and oxygen atoms in total. The second kappa shape index (κ2) is 7.62. The van der Waals surface area contributed by atoms with Gasteiger partial charge in [-0.1, -0.05) is 23.7 Å². The number of nitrogens with zero attached hydrogens (tertiary/aromatic N) is 3. The van der Waals surface area contributed by atoms with Crippen molar-refractivity contribution in [2.45, 2.75) is 25.5 Å². The van der Waals surface area contributed by atoms with Crippen LogP contribution in [0.25, 0.3) is 11.0 Å². The van der Waals surface area contributed by atoms with Crippen LogP contribution in [0.15, 0.2) is 36.7 Å². The maximum atomic E-state index is 14.3. The molecule has 2 atom stereocenters. The molecule has 0 unspecified atom stereocenters. The Morgan fingerprint density at radius 1 is 1.30 bits per heavy atom. The summed E-state index contributed by atoms with van der Waals surface area (Å²) in [6.07, 6.45) is 2.51. The van der Waals surface area contributed by atoms with Crippen LogP contribution in [0, 0.1) is 5.82 Å². The molecule has 8 heteroatoms. The fourth-order valence-corrected chi connectivity index (χ4v) is 3.31. The normalized spacial score (nSPS) is 17.8. The molecular formula is C19H19ClFN5O. The van der Waals surface area contributed by atoms with Gasteiger partial charge in [0.1, 0.15) is 23.8 Å². The Morgan fingerprint density at radius 3 is 3.00 bits per heavy atom. The molecular weight excluding hydrogens is 369 g/mol. The zero-order valence-corrected chi connectivity index (χ0v) is 15.5. The summed E-state index contributed by atoms with van der Waals surface area (Å²) in [4.78, 5) is 13.1. The predicted octanol–water partition coefficient (Wildman–Crippen LogP) is 3.73. The Hall–Kier alpha value is -2.51. The van der Waals surface area contributed by atoms with Gasteiger partial charge in [-0.25, -0.2) is 19.3 Å². The fourth-order valence-electron chi connectivity index (χ4n) is 3.13. The number of aromatic nitrogens is 3. The second-order valence-corrected chi connectivity index (χ2v) is 6.89. The van der Waals surface area contributed by atoms with Crippen LogP contribution in [0.3, 0.4) is 0 Å². The van der Waals surface area contributed by atoms with Gasteiger partial charge in [-0.2, -0.15) is 0 Å². The van der Waals surface area contributed by atoms with Gasteiger partial charge in [0, 0.05) is 18.2 Å². The van der Waals surface area contributed by atoms with Gasteiger partial charge in [-0.15, -0.1) is 0 Å². The van der Waals surface area contributed by atoms with E-state index in [1.807, 2.05) is 13.0 Å². The van der Waals surface area contributed by atoms with E-state index in [1.165, 1.54) is 12.4 Å². The van der Waals surface area contributed by atoms with E-state index in [2.05, 4.69) is 25.6 Å². The lowest BCUT2D eigenvalue weighted by Crippen LogP contribution is -2.20. The van der Waals surface area contributed by atoms with Gasteiger partial charge in [0.05, 0.1) is 16.6 Å². The number of ether oxygens (including phenoxy) is 1. The van der Waals surface area contributed by atoms with E-state index < -0.39 is 5.82 Å². The maximum absolute atomic E-state index is 14.3. The first-order valence-electron chi connectivity index (χ1n) is 8.81. The van der Waals surface area contributed by atoms with E-state index in [0.717, 1.165) is 19.5 Å². The van der Waals surface area contributed by atoms with Crippen molar-refractivity contribution in [3.05, 3.63) is 53.1 Å². The fraction of sp³-hybridized carbons (Fsp3) is 0.316. The molecule has 1 aromatic carbocycles. The highest BCUT2D eigenvalue weighted by Crippen LogP contribution is 2.28. The minimum absolute atomic E-state index is 0.0904. The molecule has 0 bridgehead atoms. The first kappa shape index (κ1) is 17.9. The first-order chi connectivity index (χ1) is 13.1. The van der Waals surface area contributed by atoms with Gasteiger partial charge in [-0.3, -0.25) is 0 Å². The molecule has 27 heavy (non-hydrogen) atoms. The Balaban J connectivity index is 1.63. The number of benzene rings is 1. The number of anilines is 1. The predicted molar refractivity (Wildman–Crippen MR) is 103 cm³/mol. The van der Waals surface area contributed by atoms with E-state index in [-0.39, 0.29) is 17.2 Å². The van der Waals surface area contributed by atoms with E-state index in [1.54, 1.807) is 18.2 Å². The van der Waals surface area contributed by atoms with Crippen LogP contribution in [0.1, 0.15) is 24.9 Å². The molecule has 0 amide bonds. The number of fused-ring (bicyclic) bond motifs is 1. The number of hydrogen-bond donors (Lipinski definition) is 2. The molecule has 140 valence electrons. The Morgan fingerprint density at radius 2 is 2.19 bits per heavy atom. The summed E-state index contributed by atoms with van der Waals surface area (Å²) < 4.78 is 20.2. The molecule has 0 radical (unpaired) electrons. The summed E-state index contributed by atoms with van der Waals surface area (Å²) in [6.45, 7) is 3.59. The van der Waals surface area contributed by atoms with Gasteiger partial charge in [0.15, 0.2) is 5.82 Å². The monoisotopic (exact) mass is 387 g/mol. The number of hydrogen-bond acceptors (Lipinski definition) is 6. The van der Waals surface area contributed by atoms with Crippen LogP contribution < -0.4 is 15.4 Å². The highest BCUT2D eigenvalue weighted by Gasteiger charge is 2.18. The van der Waals surface area contributed by atoms with E-state index in [0.29, 0.717) is 28.3 Å². The summed E-state index contributed by atoms with van der Waals surface area (Å²) in [7, 11) is 0. The van der Waals surface area contributed by atoms with Crippen LogP contribution >= 0.6 is 11.6 Å². The van der Waals surface area contributed by atoms with Crippen molar-refractivity contribution >= 4 is 28.5 Å². The molecule has 3 aromatic rings. The van der Waals surface area contributed by atoms with Crippen LogP contribution in [0.5, 0.6) is 5.88 Å². The summed E-state index contributed by atoms with van der Waals surface area (Å²) >= 11 is 5.90. The number of halogens is 2. The lowest BCUT2D eigenvalue weighted by Gasteiger charge is -2.17. The van der Waals surface area contributed by atoms with Crippen molar-refractivity contribution < 1.29 is 9.13 Å². The SMILES string of the molecule is C[C@H](Nc1ncnc2ccc(O[C@H]3CCNC3)nc12)c1cccc(Cl)c1F. The van der Waals surface area contributed by atoms with Gasteiger partial charge in [0.2, 0.25) is 5.88 Å². The number of rotatable bonds is 5. The molecule has 2 aromatic heterocycles. The van der Waals surface area contributed by atoms with E-state index in [9.17, 15) is 4.39 Å². The Labute approximate surface area is 161 Å². The molecule has 3 heterocycles. The van der Waals surface area contributed by atoms with E-state index >= 15 is 0 Å². The van der Waals surface area contributed by atoms with Crippen molar-refractivity contribution in [1.82, 2.24) is 20.3 Å². The minimum atomic E-state index is -0.441. The largest absolute Gasteiger partial charge is 0.473 e. The third-order valence-corrected chi connectivity index (χ3v) is 4.85. The first-order valence-corrected chi connectivity index (χ1v) is 9.19. The third-order valence-electron chi connectivity index (χ3n) is 4.56. The van der Waals surface area contributed by atoms with Gasteiger partial charge >= 0.3 is 0 Å². The highest BCUT2D eigenvalue weighted by atomic mass is 35.5. The summed E-state index contributed by atoms with van der Waals surface area (Å²) in [5.41, 5.74) is 1.72. The molecule has 1 fully saturated rings. The molecule has 1 aliphatic rings. The average Bonchev–Trinajstić information content (AvgIpc) is 3.17. The minimum Gasteiger partial charge on any atom is -0.473 e. The van der Waals surface area contributed by atoms with Crippen molar-refractivity contribution in [3.8, 4) is 5.88 Å². The van der Waals surface area contributed by atoms with Crippen LogP contribution in [0.2, 0.25) is 5.02 Å². The van der Waals surface area contributed by atoms with Gasteiger partial charge in [0.25, 0.3) is 0 Å². The third kappa shape index (κ3) is 3.79. The molecule has 0 saturated carbocycles. The zero-order valence-electron chi connectivity index (χ0n) is 14.7. The van der Waals surface area contributed by atoms with Crippen molar-refractivity contribution in [2.24, 2.45) is 0 Å². The van der Waals surface area contributed by atoms with Crippen LogP contribution in [0.4, 0.5) is 10.2 Å². The Kier molecular flexibility index (Phi) is 5.05. The second-order valence-electron chi connectivity index (χ2n) is 6.48. The van der Waals surface area contributed by atoms with Crippen molar-refractivity contribution in [1.29, 1.82) is 0 Å². The van der Waals surface area contributed by atoms with Crippen molar-refractivity contribution in [2.75, 3.05) is 18.4 Å². The summed E-state index contributed by atoms with van der Waals surface area (Å²) in [6, 6.07) is 8.23. The smallest absolute Gasteiger partial charge is 0.214 e. The maximum Gasteiger partial charge on any atom is 0.214 e. The average molecular weight is 388 g/mol. The molecule has 1 saturated heterocycles. The number of nitrogens with one attached hydrogen (secondary N) is 2. The lowest BCUT2D eigenvalue weighted by atomic mass is 10.1. The topological polar surface area (TPSA) is 72.0 Å². The highest BCUT2D eigenvalue weighted by molar-refractivity contribution is 6.30. The molecule has 4 rings (SSSR count). The molecule has 2 N–H and O–H groups in total. The van der Waals surface area contributed by atoms with Gasteiger partial charge in [-0.05, 0) is 32.0 Å². The lowest BCUT2D eigenvalue weighted by molar-refractivity contribution is 0.215.